The van der Waals surface area contributed by atoms with Gasteiger partial charge in [0.25, 0.3) is 0 Å². The van der Waals surface area contributed by atoms with Crippen molar-refractivity contribution in [3.05, 3.63) is 107 Å². The van der Waals surface area contributed by atoms with Gasteiger partial charge < -0.3 is 4.90 Å². The van der Waals surface area contributed by atoms with Gasteiger partial charge in [-0.15, -0.1) is 5.10 Å². The Kier molecular flexibility index (Phi) is 7.54. The lowest BCUT2D eigenvalue weighted by Gasteiger charge is -2.20. The van der Waals surface area contributed by atoms with Gasteiger partial charge in [0.15, 0.2) is 0 Å². The van der Waals surface area contributed by atoms with Crippen LogP contribution in [0.1, 0.15) is 27.9 Å². The quantitative estimate of drug-likeness (QED) is 0.191. The Morgan fingerprint density at radius 2 is 1.45 bits per heavy atom. The second kappa shape index (κ2) is 10.5. The van der Waals surface area contributed by atoms with Crippen LogP contribution in [0.4, 0.5) is 30.7 Å². The van der Waals surface area contributed by atoms with Gasteiger partial charge in [-0.1, -0.05) is 66.0 Å². The number of halogens is 7. The van der Waals surface area contributed by atoms with Gasteiger partial charge in [-0.25, -0.2) is 9.07 Å². The highest BCUT2D eigenvalue weighted by molar-refractivity contribution is 7.80. The molecule has 198 valence electrons. The molecular formula is C26H19F7N4S. The van der Waals surface area contributed by atoms with Crippen molar-refractivity contribution in [3.63, 3.8) is 0 Å². The van der Waals surface area contributed by atoms with Crippen LogP contribution in [0.3, 0.4) is 0 Å². The summed E-state index contributed by atoms with van der Waals surface area (Å²) >= 11 is 5.58. The van der Waals surface area contributed by atoms with Gasteiger partial charge in [-0.3, -0.25) is 0 Å². The molecule has 4 nitrogen and oxygen atoms in total. The van der Waals surface area contributed by atoms with Crippen molar-refractivity contribution < 1.29 is 30.7 Å². The molecule has 0 fully saturated rings. The molecular weight excluding hydrogens is 533 g/mol. The summed E-state index contributed by atoms with van der Waals surface area (Å²) in [6.45, 7) is -0.348. The number of rotatable bonds is 6. The normalized spacial score (nSPS) is 12.0. The predicted octanol–water partition coefficient (Wildman–Crippen LogP) is 6.98. The molecule has 3 aromatic carbocycles. The molecule has 0 saturated heterocycles. The third kappa shape index (κ3) is 6.01. The topological polar surface area (TPSA) is 34.0 Å². The molecule has 0 amide bonds. The molecule has 12 heteroatoms. The fourth-order valence-corrected chi connectivity index (χ4v) is 4.07. The van der Waals surface area contributed by atoms with Crippen LogP contribution in [0.25, 0.3) is 11.3 Å². The number of hydrogen-bond acceptors (Lipinski definition) is 3. The van der Waals surface area contributed by atoms with Crippen LogP contribution >= 0.6 is 12.2 Å². The Balaban J connectivity index is 1.76. The lowest BCUT2D eigenvalue weighted by Crippen LogP contribution is -2.26. The van der Waals surface area contributed by atoms with E-state index >= 15 is 0 Å². The van der Waals surface area contributed by atoms with E-state index in [9.17, 15) is 30.7 Å². The molecule has 4 rings (SSSR count). The van der Waals surface area contributed by atoms with Gasteiger partial charge in [0.2, 0.25) is 0 Å². The summed E-state index contributed by atoms with van der Waals surface area (Å²) in [6.07, 6.45) is -9.97. The monoisotopic (exact) mass is 552 g/mol. The Labute approximate surface area is 218 Å². The summed E-state index contributed by atoms with van der Waals surface area (Å²) in [6, 6.07) is 16.0. The summed E-state index contributed by atoms with van der Waals surface area (Å²) in [5.41, 5.74) is -1.75. The number of benzene rings is 3. The zero-order valence-electron chi connectivity index (χ0n) is 19.7. The summed E-state index contributed by atoms with van der Waals surface area (Å²) in [5, 5.41) is 8.12. The van der Waals surface area contributed by atoms with E-state index < -0.39 is 35.8 Å². The lowest BCUT2D eigenvalue weighted by atomic mass is 10.0. The van der Waals surface area contributed by atoms with Gasteiger partial charge in [-0.05, 0) is 29.8 Å². The maximum absolute atomic E-state index is 14.2. The van der Waals surface area contributed by atoms with E-state index in [1.54, 1.807) is 60.5 Å². The number of nitrogens with zero attached hydrogens (tertiary/aromatic N) is 4. The molecule has 0 atom stereocenters. The highest BCUT2D eigenvalue weighted by Gasteiger charge is 2.37. The molecule has 0 N–H and O–H groups in total. The molecule has 0 saturated carbocycles. The molecule has 0 radical (unpaired) electrons. The summed E-state index contributed by atoms with van der Waals surface area (Å²) < 4.78 is 95.6. The standard InChI is InChI=1S/C26H19F7N4S/c1-36(15-18-9-5-6-10-21(18)27)24(38)22-23(17-7-3-2-4-8-17)37(35-34-22)14-16-11-19(25(28,29)30)13-20(12-16)26(31,32)33/h2-13H,14-15H2,1H3. The highest BCUT2D eigenvalue weighted by Crippen LogP contribution is 2.37. The SMILES string of the molecule is CN(Cc1ccccc1F)C(=S)c1nnn(Cc2cc(C(F)(F)F)cc(C(F)(F)F)c2)c1-c1ccccc1. The van der Waals surface area contributed by atoms with Crippen molar-refractivity contribution in [2.75, 3.05) is 7.05 Å². The summed E-state index contributed by atoms with van der Waals surface area (Å²) in [4.78, 5) is 1.72. The van der Waals surface area contributed by atoms with Crippen molar-refractivity contribution in [1.82, 2.24) is 19.9 Å². The van der Waals surface area contributed by atoms with E-state index in [1.165, 1.54) is 10.7 Å². The Morgan fingerprint density at radius 3 is 2.03 bits per heavy atom. The smallest absolute Gasteiger partial charge is 0.360 e. The summed E-state index contributed by atoms with van der Waals surface area (Å²) in [5.74, 6) is -0.431. The van der Waals surface area contributed by atoms with Crippen LogP contribution < -0.4 is 0 Å². The average Bonchev–Trinajstić information content (AvgIpc) is 3.27. The second-order valence-electron chi connectivity index (χ2n) is 8.48. The average molecular weight is 553 g/mol. The first-order chi connectivity index (χ1) is 17.8. The molecule has 1 heterocycles. The van der Waals surface area contributed by atoms with Crippen molar-refractivity contribution in [2.45, 2.75) is 25.4 Å². The zero-order valence-corrected chi connectivity index (χ0v) is 20.5. The van der Waals surface area contributed by atoms with Crippen LogP contribution in [0, 0.1) is 5.82 Å². The first-order valence-corrected chi connectivity index (χ1v) is 11.5. The number of thiocarbonyl (C=S) groups is 1. The maximum Gasteiger partial charge on any atom is 0.416 e. The second-order valence-corrected chi connectivity index (χ2v) is 8.86. The Hall–Kier alpha value is -3.80. The molecule has 4 aromatic rings. The van der Waals surface area contributed by atoms with Gasteiger partial charge in [0, 0.05) is 24.7 Å². The minimum Gasteiger partial charge on any atom is -0.360 e. The van der Waals surface area contributed by atoms with E-state index in [2.05, 4.69) is 10.3 Å². The highest BCUT2D eigenvalue weighted by atomic mass is 32.1. The molecule has 0 bridgehead atoms. The summed E-state index contributed by atoms with van der Waals surface area (Å²) in [7, 11) is 1.62. The number of alkyl halides is 6. The molecule has 0 aliphatic carbocycles. The van der Waals surface area contributed by atoms with Crippen molar-refractivity contribution >= 4 is 17.2 Å². The predicted molar refractivity (Wildman–Crippen MR) is 131 cm³/mol. The molecule has 38 heavy (non-hydrogen) atoms. The van der Waals surface area contributed by atoms with Crippen LogP contribution in [-0.4, -0.2) is 31.9 Å². The van der Waals surface area contributed by atoms with Gasteiger partial charge in [-0.2, -0.15) is 26.3 Å². The third-order valence-corrected chi connectivity index (χ3v) is 6.18. The van der Waals surface area contributed by atoms with Gasteiger partial charge >= 0.3 is 12.4 Å². The number of aromatic nitrogens is 3. The van der Waals surface area contributed by atoms with Crippen LogP contribution in [0.5, 0.6) is 0 Å². The van der Waals surface area contributed by atoms with E-state index in [1.807, 2.05) is 0 Å². The molecule has 1 aromatic heterocycles. The van der Waals surface area contributed by atoms with Crippen molar-refractivity contribution in [2.24, 2.45) is 0 Å². The zero-order chi connectivity index (χ0) is 27.7. The molecule has 0 spiro atoms. The minimum absolute atomic E-state index is 0.0706. The van der Waals surface area contributed by atoms with E-state index in [0.29, 0.717) is 29.0 Å². The van der Waals surface area contributed by atoms with Gasteiger partial charge in [0.1, 0.15) is 16.5 Å². The number of hydrogen-bond donors (Lipinski definition) is 0. The lowest BCUT2D eigenvalue weighted by molar-refractivity contribution is -0.143. The third-order valence-electron chi connectivity index (χ3n) is 5.68. The minimum atomic E-state index is -4.98. The van der Waals surface area contributed by atoms with Crippen LogP contribution in [0.2, 0.25) is 0 Å². The van der Waals surface area contributed by atoms with Crippen LogP contribution in [-0.2, 0) is 25.4 Å². The van der Waals surface area contributed by atoms with E-state index in [4.69, 9.17) is 12.2 Å². The van der Waals surface area contributed by atoms with Crippen molar-refractivity contribution in [1.29, 1.82) is 0 Å². The van der Waals surface area contributed by atoms with Crippen LogP contribution in [0.15, 0.2) is 72.8 Å². The largest absolute Gasteiger partial charge is 0.416 e. The van der Waals surface area contributed by atoms with Gasteiger partial charge in [0.05, 0.1) is 23.4 Å². The first kappa shape index (κ1) is 27.2. The van der Waals surface area contributed by atoms with Crippen molar-refractivity contribution in [3.8, 4) is 11.3 Å². The Morgan fingerprint density at radius 1 is 0.868 bits per heavy atom. The fourth-order valence-electron chi connectivity index (χ4n) is 3.87. The first-order valence-electron chi connectivity index (χ1n) is 11.1. The van der Waals surface area contributed by atoms with E-state index in [-0.39, 0.29) is 28.9 Å². The Bertz CT molecular complexity index is 1410. The molecule has 0 aliphatic rings. The van der Waals surface area contributed by atoms with E-state index in [0.717, 1.165) is 0 Å². The maximum atomic E-state index is 14.2. The molecule has 0 aliphatic heterocycles. The molecule has 0 unspecified atom stereocenters. The fraction of sp³-hybridized carbons (Fsp3) is 0.192.